The van der Waals surface area contributed by atoms with Gasteiger partial charge >= 0.3 is 6.16 Å². The van der Waals surface area contributed by atoms with E-state index < -0.39 is 12.0 Å². The minimum Gasteiger partial charge on any atom is -0.494 e. The first-order chi connectivity index (χ1) is 17.0. The fourth-order valence-corrected chi connectivity index (χ4v) is 4.64. The molecular weight excluding hydrogens is 473 g/mol. The van der Waals surface area contributed by atoms with Crippen molar-refractivity contribution < 1.29 is 28.5 Å². The summed E-state index contributed by atoms with van der Waals surface area (Å²) in [7, 11) is 1.38. The summed E-state index contributed by atoms with van der Waals surface area (Å²) in [6.45, 7) is 2.62. The second-order valence-corrected chi connectivity index (χ2v) is 8.21. The van der Waals surface area contributed by atoms with E-state index in [-0.39, 0.29) is 11.6 Å². The van der Waals surface area contributed by atoms with Crippen LogP contribution in [-0.4, -0.2) is 38.3 Å². The van der Waals surface area contributed by atoms with Crippen molar-refractivity contribution in [3.8, 4) is 28.5 Å². The highest BCUT2D eigenvalue weighted by molar-refractivity contribution is 7.00. The van der Waals surface area contributed by atoms with Gasteiger partial charge in [-0.1, -0.05) is 12.1 Å². The highest BCUT2D eigenvalue weighted by Gasteiger charge is 2.24. The average Bonchev–Trinajstić information content (AvgIpc) is 3.41. The van der Waals surface area contributed by atoms with Gasteiger partial charge in [-0.15, -0.1) is 0 Å². The van der Waals surface area contributed by atoms with Crippen LogP contribution in [0.3, 0.4) is 0 Å². The van der Waals surface area contributed by atoms with Crippen molar-refractivity contribution >= 4 is 39.8 Å². The van der Waals surface area contributed by atoms with Crippen LogP contribution in [0.1, 0.15) is 12.5 Å². The van der Waals surface area contributed by atoms with E-state index in [9.17, 15) is 14.3 Å². The number of ether oxygens (including phenoxy) is 3. The molecule has 5 aromatic rings. The maximum absolute atomic E-state index is 14.7. The van der Waals surface area contributed by atoms with E-state index in [4.69, 9.17) is 14.2 Å². The Labute approximate surface area is 203 Å². The number of benzene rings is 3. The lowest BCUT2D eigenvalue weighted by atomic mass is 10.0. The van der Waals surface area contributed by atoms with Gasteiger partial charge in [-0.25, -0.2) is 9.18 Å². The summed E-state index contributed by atoms with van der Waals surface area (Å²) in [6.07, 6.45) is -1.48. The molecule has 0 amide bonds. The Morgan fingerprint density at radius 1 is 1.09 bits per heavy atom. The van der Waals surface area contributed by atoms with Crippen LogP contribution in [0.5, 0.6) is 17.4 Å². The van der Waals surface area contributed by atoms with Crippen molar-refractivity contribution in [1.29, 1.82) is 0 Å². The molecule has 0 bridgehead atoms. The third kappa shape index (κ3) is 4.24. The lowest BCUT2D eigenvalue weighted by Crippen LogP contribution is -2.10. The molecule has 35 heavy (non-hydrogen) atoms. The summed E-state index contributed by atoms with van der Waals surface area (Å²) in [5.41, 5.74) is 3.98. The number of hydrogen-bond donors (Lipinski definition) is 1. The van der Waals surface area contributed by atoms with E-state index >= 15 is 0 Å². The molecule has 0 saturated heterocycles. The van der Waals surface area contributed by atoms with Crippen LogP contribution in [0.4, 0.5) is 9.18 Å². The van der Waals surface area contributed by atoms with Crippen LogP contribution in [-0.2, 0) is 6.54 Å². The zero-order valence-electron chi connectivity index (χ0n) is 18.8. The number of methoxy groups -OCH3 is 1. The number of nitrogens with zero attached hydrogens (tertiary/aromatic N) is 3. The van der Waals surface area contributed by atoms with E-state index in [1.165, 1.54) is 19.2 Å². The molecule has 0 saturated carbocycles. The van der Waals surface area contributed by atoms with Gasteiger partial charge in [0.15, 0.2) is 11.6 Å². The molecule has 178 valence electrons. The Bertz CT molecular complexity index is 1560. The fourth-order valence-electron chi connectivity index (χ4n) is 4.12. The van der Waals surface area contributed by atoms with Crippen LogP contribution in [0.2, 0.25) is 0 Å². The van der Waals surface area contributed by atoms with Gasteiger partial charge in [0, 0.05) is 5.39 Å². The highest BCUT2D eigenvalue weighted by Crippen LogP contribution is 2.43. The molecule has 0 unspecified atom stereocenters. The number of carboxylic acid groups (broad SMARTS) is 1. The van der Waals surface area contributed by atoms with E-state index in [1.54, 1.807) is 22.8 Å². The Balaban J connectivity index is 1.76. The molecule has 8 nitrogen and oxygen atoms in total. The Morgan fingerprint density at radius 3 is 2.66 bits per heavy atom. The third-order valence-corrected chi connectivity index (χ3v) is 6.14. The van der Waals surface area contributed by atoms with Gasteiger partial charge in [0.1, 0.15) is 16.8 Å². The van der Waals surface area contributed by atoms with Crippen molar-refractivity contribution in [2.45, 2.75) is 13.5 Å². The average molecular weight is 494 g/mol. The summed E-state index contributed by atoms with van der Waals surface area (Å²) in [5.74, 6) is 0.180. The topological polar surface area (TPSA) is 95.7 Å². The predicted molar refractivity (Wildman–Crippen MR) is 130 cm³/mol. The van der Waals surface area contributed by atoms with Gasteiger partial charge in [0.05, 0.1) is 43.1 Å². The molecule has 3 aromatic carbocycles. The number of aromatic nitrogens is 3. The maximum atomic E-state index is 14.7. The molecule has 0 atom stereocenters. The zero-order chi connectivity index (χ0) is 24.5. The molecule has 0 fully saturated rings. The lowest BCUT2D eigenvalue weighted by Gasteiger charge is -2.11. The van der Waals surface area contributed by atoms with Gasteiger partial charge < -0.3 is 23.9 Å². The largest absolute Gasteiger partial charge is 0.512 e. The molecule has 0 radical (unpaired) electrons. The van der Waals surface area contributed by atoms with Crippen LogP contribution in [0.15, 0.2) is 54.6 Å². The normalized spacial score (nSPS) is 11.2. The molecule has 10 heteroatoms. The number of carbonyl (C=O) groups is 1. The molecule has 0 spiro atoms. The first kappa shape index (κ1) is 22.6. The van der Waals surface area contributed by atoms with E-state index in [0.29, 0.717) is 40.9 Å². The second kappa shape index (κ2) is 9.22. The van der Waals surface area contributed by atoms with Crippen LogP contribution in [0.25, 0.3) is 33.1 Å². The SMILES string of the molecule is CCOc1ccc2c(c1)c(-c1ccc(OC)c(F)c1)c(OC(=O)O)n2Cc1ccc2nsnc2c1. The molecule has 1 N–H and O–H groups in total. The van der Waals surface area contributed by atoms with E-state index in [1.807, 2.05) is 31.2 Å². The predicted octanol–water partition coefficient (Wildman–Crippen LogP) is 5.96. The van der Waals surface area contributed by atoms with Gasteiger partial charge in [-0.2, -0.15) is 8.75 Å². The Kier molecular flexibility index (Phi) is 5.96. The first-order valence-corrected chi connectivity index (χ1v) is 11.5. The van der Waals surface area contributed by atoms with Crippen LogP contribution >= 0.6 is 11.7 Å². The maximum Gasteiger partial charge on any atom is 0.512 e. The molecule has 0 aliphatic carbocycles. The van der Waals surface area contributed by atoms with E-state index in [2.05, 4.69) is 8.75 Å². The van der Waals surface area contributed by atoms with Crippen molar-refractivity contribution in [3.05, 3.63) is 66.0 Å². The van der Waals surface area contributed by atoms with E-state index in [0.717, 1.165) is 28.3 Å². The summed E-state index contributed by atoms with van der Waals surface area (Å²) in [5, 5.41) is 10.2. The lowest BCUT2D eigenvalue weighted by molar-refractivity contribution is 0.141. The minimum atomic E-state index is -1.48. The summed E-state index contributed by atoms with van der Waals surface area (Å²) < 4.78 is 41.0. The molecule has 2 aromatic heterocycles. The smallest absolute Gasteiger partial charge is 0.494 e. The van der Waals surface area contributed by atoms with Gasteiger partial charge in [0.25, 0.3) is 0 Å². The van der Waals surface area contributed by atoms with Crippen molar-refractivity contribution in [2.24, 2.45) is 0 Å². The van der Waals surface area contributed by atoms with Crippen LogP contribution < -0.4 is 14.2 Å². The Morgan fingerprint density at radius 2 is 1.91 bits per heavy atom. The molecule has 0 aliphatic rings. The van der Waals surface area contributed by atoms with Crippen LogP contribution in [0, 0.1) is 5.82 Å². The summed E-state index contributed by atoms with van der Waals surface area (Å²) in [6, 6.07) is 15.6. The standard InChI is InChI=1S/C25H20FN3O5S/c1-3-33-16-6-8-21-17(12-16)23(15-5-9-22(32-2)18(26)11-15)24(34-25(30)31)29(21)13-14-4-7-19-20(10-14)28-35-27-19/h4-12H,3,13H2,1-2H3,(H,30,31). The number of rotatable bonds is 7. The number of halogens is 1. The first-order valence-electron chi connectivity index (χ1n) is 10.7. The fraction of sp³-hybridized carbons (Fsp3) is 0.160. The molecule has 0 aliphatic heterocycles. The molecule has 5 rings (SSSR count). The van der Waals surface area contributed by atoms with Gasteiger partial charge in [-0.3, -0.25) is 0 Å². The van der Waals surface area contributed by atoms with Crippen molar-refractivity contribution in [3.63, 3.8) is 0 Å². The summed E-state index contributed by atoms with van der Waals surface area (Å²) in [4.78, 5) is 11.7. The highest BCUT2D eigenvalue weighted by atomic mass is 32.1. The third-order valence-electron chi connectivity index (χ3n) is 5.58. The molecule has 2 heterocycles. The second-order valence-electron chi connectivity index (χ2n) is 7.68. The minimum absolute atomic E-state index is 0.0715. The molecular formula is C25H20FN3O5S. The van der Waals surface area contributed by atoms with Crippen molar-refractivity contribution in [1.82, 2.24) is 13.3 Å². The number of hydrogen-bond acceptors (Lipinski definition) is 7. The Hall–Kier alpha value is -4.18. The monoisotopic (exact) mass is 493 g/mol. The van der Waals surface area contributed by atoms with Gasteiger partial charge in [0.2, 0.25) is 5.88 Å². The van der Waals surface area contributed by atoms with Gasteiger partial charge in [-0.05, 0) is 60.5 Å². The quantitative estimate of drug-likeness (QED) is 0.279. The summed E-state index contributed by atoms with van der Waals surface area (Å²) >= 11 is 1.13. The number of fused-ring (bicyclic) bond motifs is 2. The van der Waals surface area contributed by atoms with Crippen molar-refractivity contribution in [2.75, 3.05) is 13.7 Å². The zero-order valence-corrected chi connectivity index (χ0v) is 19.6.